The number of hydrogen-bond donors (Lipinski definition) is 3. The Bertz CT molecular complexity index is 1060. The van der Waals surface area contributed by atoms with Gasteiger partial charge in [-0.3, -0.25) is 4.79 Å². The molecule has 0 aliphatic rings. The largest absolute Gasteiger partial charge is 0.323 e. The number of sulfonamides is 1. The number of aromatic amines is 1. The highest BCUT2D eigenvalue weighted by Gasteiger charge is 2.15. The molecule has 0 saturated carbocycles. The Labute approximate surface area is 154 Å². The maximum Gasteiger partial charge on any atom is 0.264 e. The third-order valence-electron chi connectivity index (χ3n) is 3.35. The number of rotatable bonds is 6. The van der Waals surface area contributed by atoms with Gasteiger partial charge in [-0.2, -0.15) is 10.1 Å². The van der Waals surface area contributed by atoms with Crippen molar-refractivity contribution in [2.45, 2.75) is 4.90 Å². The molecule has 0 saturated heterocycles. The SMILES string of the molecule is O=C(C=Cc1cccc(F)c1)Nc1ccc(S(=O)(=O)Nc2ncn[nH]2)cc1. The van der Waals surface area contributed by atoms with Crippen LogP contribution in [0.2, 0.25) is 0 Å². The number of halogens is 1. The number of carbonyl (C=O) groups excluding carboxylic acids is 1. The summed E-state index contributed by atoms with van der Waals surface area (Å²) in [5.41, 5.74) is 0.951. The molecule has 0 aliphatic heterocycles. The highest BCUT2D eigenvalue weighted by Crippen LogP contribution is 2.16. The third kappa shape index (κ3) is 4.98. The molecule has 0 fully saturated rings. The Balaban J connectivity index is 1.64. The topological polar surface area (TPSA) is 117 Å². The summed E-state index contributed by atoms with van der Waals surface area (Å²) in [7, 11) is -3.82. The van der Waals surface area contributed by atoms with Crippen LogP contribution in [0, 0.1) is 5.82 Å². The van der Waals surface area contributed by atoms with Crippen LogP contribution >= 0.6 is 0 Å². The smallest absolute Gasteiger partial charge is 0.264 e. The van der Waals surface area contributed by atoms with Gasteiger partial charge in [0.05, 0.1) is 4.90 Å². The van der Waals surface area contributed by atoms with Crippen molar-refractivity contribution >= 4 is 33.6 Å². The highest BCUT2D eigenvalue weighted by atomic mass is 32.2. The molecule has 0 bridgehead atoms. The number of carbonyl (C=O) groups is 1. The molecule has 0 spiro atoms. The van der Waals surface area contributed by atoms with E-state index in [4.69, 9.17) is 0 Å². The molecule has 8 nitrogen and oxygen atoms in total. The fraction of sp³-hybridized carbons (Fsp3) is 0. The maximum absolute atomic E-state index is 13.1. The van der Waals surface area contributed by atoms with Crippen LogP contribution in [-0.4, -0.2) is 29.5 Å². The summed E-state index contributed by atoms with van der Waals surface area (Å²) in [5, 5.41) is 8.53. The van der Waals surface area contributed by atoms with Crippen molar-refractivity contribution in [3.8, 4) is 0 Å². The van der Waals surface area contributed by atoms with E-state index in [1.54, 1.807) is 12.1 Å². The fourth-order valence-corrected chi connectivity index (χ4v) is 3.09. The number of H-pyrrole nitrogens is 1. The summed E-state index contributed by atoms with van der Waals surface area (Å²) in [4.78, 5) is 15.6. The number of nitrogens with zero attached hydrogens (tertiary/aromatic N) is 2. The summed E-state index contributed by atoms with van der Waals surface area (Å²) in [6.45, 7) is 0. The van der Waals surface area contributed by atoms with Gasteiger partial charge < -0.3 is 5.32 Å². The van der Waals surface area contributed by atoms with Gasteiger partial charge in [0.15, 0.2) is 0 Å². The van der Waals surface area contributed by atoms with E-state index in [1.807, 2.05) is 0 Å². The molecule has 3 N–H and O–H groups in total. The maximum atomic E-state index is 13.1. The number of amides is 1. The van der Waals surface area contributed by atoms with E-state index < -0.39 is 21.7 Å². The molecule has 0 unspecified atom stereocenters. The second kappa shape index (κ2) is 7.79. The van der Waals surface area contributed by atoms with E-state index in [9.17, 15) is 17.6 Å². The van der Waals surface area contributed by atoms with Gasteiger partial charge in [0.1, 0.15) is 12.1 Å². The fourth-order valence-electron chi connectivity index (χ4n) is 2.12. The average molecular weight is 387 g/mol. The Hall–Kier alpha value is -3.53. The third-order valence-corrected chi connectivity index (χ3v) is 4.71. The van der Waals surface area contributed by atoms with Crippen LogP contribution in [0.3, 0.4) is 0 Å². The lowest BCUT2D eigenvalue weighted by Crippen LogP contribution is -2.14. The molecule has 27 heavy (non-hydrogen) atoms. The van der Waals surface area contributed by atoms with Crippen LogP contribution < -0.4 is 10.0 Å². The van der Waals surface area contributed by atoms with Gasteiger partial charge in [-0.15, -0.1) is 0 Å². The molecule has 0 aliphatic carbocycles. The Morgan fingerprint density at radius 1 is 1.15 bits per heavy atom. The van der Waals surface area contributed by atoms with Crippen molar-refractivity contribution in [1.82, 2.24) is 15.2 Å². The number of anilines is 2. The number of nitrogens with one attached hydrogen (secondary N) is 3. The predicted molar refractivity (Wildman–Crippen MR) is 97.7 cm³/mol. The van der Waals surface area contributed by atoms with Gasteiger partial charge in [0.2, 0.25) is 11.9 Å². The van der Waals surface area contributed by atoms with Crippen LogP contribution in [0.1, 0.15) is 5.56 Å². The Morgan fingerprint density at radius 2 is 1.93 bits per heavy atom. The monoisotopic (exact) mass is 387 g/mol. The summed E-state index contributed by atoms with van der Waals surface area (Å²) in [6, 6.07) is 11.4. The molecule has 3 rings (SSSR count). The first-order chi connectivity index (χ1) is 12.9. The number of hydrogen-bond acceptors (Lipinski definition) is 5. The lowest BCUT2D eigenvalue weighted by atomic mass is 10.2. The normalized spacial score (nSPS) is 11.4. The summed E-state index contributed by atoms with van der Waals surface area (Å²) in [6.07, 6.45) is 3.90. The van der Waals surface area contributed by atoms with Crippen LogP contribution in [0.15, 0.2) is 65.8 Å². The standard InChI is InChI=1S/C17H14FN5O3S/c18-13-3-1-2-12(10-13)4-9-16(24)21-14-5-7-15(8-6-14)27(25,26)23-17-19-11-20-22-17/h1-11H,(H,21,24)(H2,19,20,22,23). The molecular weight excluding hydrogens is 373 g/mol. The molecule has 1 heterocycles. The lowest BCUT2D eigenvalue weighted by Gasteiger charge is -2.06. The molecular formula is C17H14FN5O3S. The van der Waals surface area contributed by atoms with Crippen molar-refractivity contribution in [2.24, 2.45) is 0 Å². The summed E-state index contributed by atoms with van der Waals surface area (Å²) < 4.78 is 39.7. The molecule has 1 aromatic heterocycles. The van der Waals surface area contributed by atoms with E-state index in [-0.39, 0.29) is 10.8 Å². The molecule has 138 valence electrons. The summed E-state index contributed by atoms with van der Waals surface area (Å²) >= 11 is 0. The molecule has 3 aromatic rings. The van der Waals surface area contributed by atoms with E-state index in [2.05, 4.69) is 25.2 Å². The summed E-state index contributed by atoms with van der Waals surface area (Å²) in [5.74, 6) is -0.835. The molecule has 10 heteroatoms. The van der Waals surface area contributed by atoms with Crippen molar-refractivity contribution in [3.05, 3.63) is 72.3 Å². The number of benzene rings is 2. The highest BCUT2D eigenvalue weighted by molar-refractivity contribution is 7.92. The predicted octanol–water partition coefficient (Wildman–Crippen LogP) is 2.40. The zero-order valence-electron chi connectivity index (χ0n) is 13.8. The minimum absolute atomic E-state index is 0.00475. The molecule has 2 aromatic carbocycles. The average Bonchev–Trinajstić information content (AvgIpc) is 3.13. The van der Waals surface area contributed by atoms with Gasteiger partial charge in [-0.1, -0.05) is 12.1 Å². The zero-order valence-corrected chi connectivity index (χ0v) is 14.6. The van der Waals surface area contributed by atoms with Crippen LogP contribution in [-0.2, 0) is 14.8 Å². The van der Waals surface area contributed by atoms with Gasteiger partial charge in [0, 0.05) is 11.8 Å². The van der Waals surface area contributed by atoms with Crippen molar-refractivity contribution < 1.29 is 17.6 Å². The van der Waals surface area contributed by atoms with Crippen molar-refractivity contribution in [2.75, 3.05) is 10.0 Å². The van der Waals surface area contributed by atoms with Crippen LogP contribution in [0.25, 0.3) is 6.08 Å². The minimum Gasteiger partial charge on any atom is -0.323 e. The van der Waals surface area contributed by atoms with Gasteiger partial charge in [-0.05, 0) is 48.0 Å². The Morgan fingerprint density at radius 3 is 2.59 bits per heavy atom. The van der Waals surface area contributed by atoms with Crippen LogP contribution in [0.4, 0.5) is 16.0 Å². The zero-order chi connectivity index (χ0) is 19.3. The van der Waals surface area contributed by atoms with Crippen molar-refractivity contribution in [1.29, 1.82) is 0 Å². The lowest BCUT2D eigenvalue weighted by molar-refractivity contribution is -0.111. The molecule has 1 amide bonds. The Kier molecular flexibility index (Phi) is 5.27. The number of aromatic nitrogens is 3. The van der Waals surface area contributed by atoms with E-state index in [1.165, 1.54) is 54.9 Å². The quantitative estimate of drug-likeness (QED) is 0.562. The minimum atomic E-state index is -3.82. The van der Waals surface area contributed by atoms with Gasteiger partial charge in [0.25, 0.3) is 10.0 Å². The van der Waals surface area contributed by atoms with E-state index >= 15 is 0 Å². The van der Waals surface area contributed by atoms with E-state index in [0.717, 1.165) is 0 Å². The first-order valence-corrected chi connectivity index (χ1v) is 9.13. The van der Waals surface area contributed by atoms with Gasteiger partial charge in [-0.25, -0.2) is 22.6 Å². The molecule has 0 radical (unpaired) electrons. The van der Waals surface area contributed by atoms with Crippen molar-refractivity contribution in [3.63, 3.8) is 0 Å². The van der Waals surface area contributed by atoms with Crippen LogP contribution in [0.5, 0.6) is 0 Å². The first kappa shape index (κ1) is 18.3. The van der Waals surface area contributed by atoms with Gasteiger partial charge >= 0.3 is 0 Å². The first-order valence-electron chi connectivity index (χ1n) is 7.65. The molecule has 0 atom stereocenters. The second-order valence-electron chi connectivity index (χ2n) is 5.34. The van der Waals surface area contributed by atoms with E-state index in [0.29, 0.717) is 11.3 Å². The second-order valence-corrected chi connectivity index (χ2v) is 7.02.